The SMILES string of the molecule is COc1ccc(NC(=S)/C(=C(\[O-])c2ccc(C(C)(C)C)cc2)[n+]2ccccc2)cc1. The van der Waals surface area contributed by atoms with E-state index in [1.165, 1.54) is 5.56 Å². The maximum Gasteiger partial charge on any atom is 0.238 e. The van der Waals surface area contributed by atoms with E-state index in [-0.39, 0.29) is 11.2 Å². The second-order valence-electron chi connectivity index (χ2n) is 7.97. The molecule has 4 nitrogen and oxygen atoms in total. The molecule has 1 N–H and O–H groups in total. The summed E-state index contributed by atoms with van der Waals surface area (Å²) in [4.78, 5) is 0.348. The van der Waals surface area contributed by atoms with Crippen LogP contribution in [0.25, 0.3) is 11.5 Å². The molecule has 154 valence electrons. The quantitative estimate of drug-likeness (QED) is 0.289. The summed E-state index contributed by atoms with van der Waals surface area (Å²) in [5.74, 6) is 0.612. The van der Waals surface area contributed by atoms with Crippen molar-refractivity contribution in [2.24, 2.45) is 0 Å². The summed E-state index contributed by atoms with van der Waals surface area (Å²) in [6, 6.07) is 20.8. The first-order chi connectivity index (χ1) is 14.3. The van der Waals surface area contributed by atoms with Gasteiger partial charge in [-0.25, -0.2) is 0 Å². The number of benzene rings is 2. The highest BCUT2D eigenvalue weighted by molar-refractivity contribution is 7.81. The average Bonchev–Trinajstić information content (AvgIpc) is 2.74. The Balaban J connectivity index is 2.00. The van der Waals surface area contributed by atoms with Crippen molar-refractivity contribution in [3.05, 3.63) is 90.3 Å². The fourth-order valence-electron chi connectivity index (χ4n) is 3.01. The Hall–Kier alpha value is -3.18. The lowest BCUT2D eigenvalue weighted by molar-refractivity contribution is -0.577. The first-order valence-corrected chi connectivity index (χ1v) is 10.1. The van der Waals surface area contributed by atoms with Gasteiger partial charge in [-0.3, -0.25) is 0 Å². The number of thiocarbonyl (C=S) groups is 1. The van der Waals surface area contributed by atoms with Crippen molar-refractivity contribution in [1.29, 1.82) is 0 Å². The number of rotatable bonds is 5. The zero-order valence-electron chi connectivity index (χ0n) is 17.7. The predicted molar refractivity (Wildman–Crippen MR) is 124 cm³/mol. The van der Waals surface area contributed by atoms with E-state index in [0.29, 0.717) is 16.2 Å². The van der Waals surface area contributed by atoms with Gasteiger partial charge in [-0.1, -0.05) is 63.3 Å². The van der Waals surface area contributed by atoms with E-state index in [0.717, 1.165) is 11.4 Å². The third-order valence-corrected chi connectivity index (χ3v) is 5.06. The maximum absolute atomic E-state index is 13.4. The molecule has 0 aliphatic heterocycles. The third-order valence-electron chi connectivity index (χ3n) is 4.76. The van der Waals surface area contributed by atoms with Gasteiger partial charge in [-0.15, -0.1) is 0 Å². The van der Waals surface area contributed by atoms with E-state index in [1.807, 2.05) is 79.1 Å². The van der Waals surface area contributed by atoms with E-state index < -0.39 is 0 Å². The van der Waals surface area contributed by atoms with Crippen molar-refractivity contribution in [3.63, 3.8) is 0 Å². The highest BCUT2D eigenvalue weighted by atomic mass is 32.1. The number of hydrogen-bond donors (Lipinski definition) is 1. The molecule has 0 unspecified atom stereocenters. The smallest absolute Gasteiger partial charge is 0.238 e. The number of hydrogen-bond acceptors (Lipinski definition) is 3. The van der Waals surface area contributed by atoms with Crippen LogP contribution in [0, 0.1) is 0 Å². The van der Waals surface area contributed by atoms with Gasteiger partial charge in [0.25, 0.3) is 0 Å². The Morgan fingerprint density at radius 3 is 2.07 bits per heavy atom. The van der Waals surface area contributed by atoms with Crippen molar-refractivity contribution >= 4 is 34.3 Å². The number of pyridine rings is 1. The number of ether oxygens (including phenoxy) is 1. The monoisotopic (exact) mass is 418 g/mol. The van der Waals surface area contributed by atoms with Crippen LogP contribution in [0.5, 0.6) is 5.75 Å². The van der Waals surface area contributed by atoms with Gasteiger partial charge in [-0.2, -0.15) is 4.57 Å². The van der Waals surface area contributed by atoms with E-state index >= 15 is 0 Å². The number of anilines is 1. The van der Waals surface area contributed by atoms with Gasteiger partial charge in [0.1, 0.15) is 5.75 Å². The second-order valence-corrected chi connectivity index (χ2v) is 8.38. The van der Waals surface area contributed by atoms with Gasteiger partial charge in [0, 0.05) is 17.8 Å². The Bertz CT molecular complexity index is 1040. The van der Waals surface area contributed by atoms with Crippen LogP contribution in [0.2, 0.25) is 0 Å². The molecule has 0 saturated heterocycles. The Morgan fingerprint density at radius 1 is 0.933 bits per heavy atom. The number of nitrogens with zero attached hydrogens (tertiary/aromatic N) is 1. The van der Waals surface area contributed by atoms with Crippen LogP contribution in [0.1, 0.15) is 31.9 Å². The summed E-state index contributed by atoms with van der Waals surface area (Å²) >= 11 is 5.64. The minimum atomic E-state index is -0.141. The lowest BCUT2D eigenvalue weighted by atomic mass is 9.86. The minimum Gasteiger partial charge on any atom is -0.867 e. The highest BCUT2D eigenvalue weighted by Crippen LogP contribution is 2.24. The molecule has 0 fully saturated rings. The van der Waals surface area contributed by atoms with Gasteiger partial charge in [0.05, 0.1) is 7.11 Å². The van der Waals surface area contributed by atoms with Crippen LogP contribution < -0.4 is 19.7 Å². The molecule has 0 spiro atoms. The lowest BCUT2D eigenvalue weighted by Gasteiger charge is -2.21. The molecule has 0 saturated carbocycles. The van der Waals surface area contributed by atoms with Crippen LogP contribution in [-0.2, 0) is 5.41 Å². The number of nitrogens with one attached hydrogen (secondary N) is 1. The molecule has 1 heterocycles. The summed E-state index contributed by atoms with van der Waals surface area (Å²) in [5, 5.41) is 16.6. The summed E-state index contributed by atoms with van der Waals surface area (Å²) in [6.45, 7) is 6.44. The summed E-state index contributed by atoms with van der Waals surface area (Å²) in [7, 11) is 1.62. The fraction of sp³-hybridized carbons (Fsp3) is 0.200. The van der Waals surface area contributed by atoms with E-state index in [9.17, 15) is 5.11 Å². The van der Waals surface area contributed by atoms with Crippen LogP contribution in [0.4, 0.5) is 5.69 Å². The molecular weight excluding hydrogens is 392 g/mol. The van der Waals surface area contributed by atoms with Crippen molar-refractivity contribution in [3.8, 4) is 5.75 Å². The van der Waals surface area contributed by atoms with Gasteiger partial charge in [-0.05, 0) is 46.6 Å². The Labute approximate surface area is 183 Å². The molecule has 0 bridgehead atoms. The van der Waals surface area contributed by atoms with E-state index in [4.69, 9.17) is 17.0 Å². The molecular formula is C25H26N2O2S. The molecule has 5 heteroatoms. The van der Waals surface area contributed by atoms with Crippen molar-refractivity contribution in [2.75, 3.05) is 12.4 Å². The van der Waals surface area contributed by atoms with E-state index in [1.54, 1.807) is 11.7 Å². The van der Waals surface area contributed by atoms with Crippen molar-refractivity contribution < 1.29 is 14.4 Å². The molecule has 0 aliphatic rings. The van der Waals surface area contributed by atoms with Gasteiger partial charge in [0.15, 0.2) is 17.4 Å². The van der Waals surface area contributed by atoms with Crippen LogP contribution in [0.15, 0.2) is 79.1 Å². The largest absolute Gasteiger partial charge is 0.867 e. The lowest BCUT2D eigenvalue weighted by Crippen LogP contribution is -2.39. The standard InChI is InChI=1S/C25H26N2O2S/c1-25(2,3)19-10-8-18(9-11-19)23(28)22(27-16-6-5-7-17-27)24(30)26-20-12-14-21(29-4)15-13-20/h5-17H,1-4H3,(H-,26,28,30). The Kier molecular flexibility index (Phi) is 6.53. The third kappa shape index (κ3) is 5.05. The van der Waals surface area contributed by atoms with Crippen LogP contribution in [-0.4, -0.2) is 12.1 Å². The molecule has 0 amide bonds. The minimum absolute atomic E-state index is 0.0214. The zero-order valence-corrected chi connectivity index (χ0v) is 18.5. The van der Waals surface area contributed by atoms with Gasteiger partial charge >= 0.3 is 0 Å². The maximum atomic E-state index is 13.4. The molecule has 0 atom stereocenters. The van der Waals surface area contributed by atoms with Crippen molar-refractivity contribution in [1.82, 2.24) is 0 Å². The molecule has 0 radical (unpaired) electrons. The summed E-state index contributed by atoms with van der Waals surface area (Å²) < 4.78 is 6.95. The Morgan fingerprint density at radius 2 is 1.53 bits per heavy atom. The molecule has 30 heavy (non-hydrogen) atoms. The fourth-order valence-corrected chi connectivity index (χ4v) is 3.32. The van der Waals surface area contributed by atoms with Gasteiger partial charge in [0.2, 0.25) is 5.70 Å². The number of methoxy groups -OCH3 is 1. The van der Waals surface area contributed by atoms with Crippen LogP contribution in [0.3, 0.4) is 0 Å². The summed E-state index contributed by atoms with van der Waals surface area (Å²) in [6.07, 6.45) is 3.64. The van der Waals surface area contributed by atoms with Crippen LogP contribution >= 0.6 is 12.2 Å². The van der Waals surface area contributed by atoms with E-state index in [2.05, 4.69) is 26.1 Å². The molecule has 3 aromatic rings. The first-order valence-electron chi connectivity index (χ1n) is 9.74. The number of aromatic nitrogens is 1. The molecule has 2 aromatic carbocycles. The first kappa shape index (κ1) is 21.5. The van der Waals surface area contributed by atoms with Crippen molar-refractivity contribution in [2.45, 2.75) is 26.2 Å². The highest BCUT2D eigenvalue weighted by Gasteiger charge is 2.19. The molecule has 3 rings (SSSR count). The average molecular weight is 419 g/mol. The second kappa shape index (κ2) is 9.09. The zero-order chi connectivity index (χ0) is 21.7. The molecule has 0 aliphatic carbocycles. The van der Waals surface area contributed by atoms with Gasteiger partial charge < -0.3 is 15.2 Å². The predicted octanol–water partition coefficient (Wildman–Crippen LogP) is 4.41. The summed E-state index contributed by atoms with van der Waals surface area (Å²) in [5.41, 5.74) is 2.96. The molecule has 1 aromatic heterocycles. The topological polar surface area (TPSA) is 48.2 Å². The normalized spacial score (nSPS) is 12.1.